The van der Waals surface area contributed by atoms with Crippen LogP contribution in [0.1, 0.15) is 6.92 Å². The van der Waals surface area contributed by atoms with Gasteiger partial charge in [-0.1, -0.05) is 0 Å². The molecule has 0 saturated carbocycles. The van der Waals surface area contributed by atoms with Crippen LogP contribution in [0.15, 0.2) is 11.6 Å². The fourth-order valence-corrected chi connectivity index (χ4v) is 0.563. The number of hydrogen-bond donors (Lipinski definition) is 1. The van der Waals surface area contributed by atoms with Gasteiger partial charge in [0.15, 0.2) is 6.17 Å². The average molecular weight is 235 g/mol. The maximum atomic E-state index is 12.5. The number of hydrogen-bond acceptors (Lipinski definition) is 1. The molecule has 88 valence electrons. The highest BCUT2D eigenvalue weighted by Gasteiger charge is 2.62. The van der Waals surface area contributed by atoms with Crippen LogP contribution in [-0.2, 0) is 4.79 Å². The molecule has 1 unspecified atom stereocenters. The van der Waals surface area contributed by atoms with Crippen molar-refractivity contribution >= 4 is 5.91 Å². The average Bonchev–Trinajstić information content (AvgIpc) is 2.01. The molecule has 0 fully saturated rings. The smallest absolute Gasteiger partial charge is 0.366 e. The fraction of sp³-hybridized carbons (Fsp3) is 0.571. The number of halogens is 6. The van der Waals surface area contributed by atoms with E-state index < -0.39 is 29.8 Å². The SMILES string of the molecule is CC(=CC(F)C(F)(F)C(F)(F)F)C(N)=O. The van der Waals surface area contributed by atoms with Gasteiger partial charge in [0.05, 0.1) is 0 Å². The van der Waals surface area contributed by atoms with Crippen molar-refractivity contribution in [3.63, 3.8) is 0 Å². The molecule has 0 bridgehead atoms. The largest absolute Gasteiger partial charge is 0.456 e. The number of primary amides is 1. The Labute approximate surface area is 80.7 Å². The standard InChI is InChI=1S/C7H7F6NO/c1-3(5(14)15)2-4(8)6(9,10)7(11,12)13/h2,4H,1H3,(H2,14,15). The van der Waals surface area contributed by atoms with Gasteiger partial charge in [0.1, 0.15) is 0 Å². The number of nitrogens with two attached hydrogens (primary N) is 1. The second-order valence-electron chi connectivity index (χ2n) is 2.74. The van der Waals surface area contributed by atoms with Crippen molar-refractivity contribution in [3.05, 3.63) is 11.6 Å². The first-order valence-corrected chi connectivity index (χ1v) is 3.57. The zero-order valence-corrected chi connectivity index (χ0v) is 7.41. The normalized spacial score (nSPS) is 16.3. The Balaban J connectivity index is 4.95. The van der Waals surface area contributed by atoms with Gasteiger partial charge in [-0.25, -0.2) is 4.39 Å². The highest BCUT2D eigenvalue weighted by Crippen LogP contribution is 2.40. The van der Waals surface area contributed by atoms with Crippen LogP contribution in [0.4, 0.5) is 26.3 Å². The maximum Gasteiger partial charge on any atom is 0.456 e. The van der Waals surface area contributed by atoms with Crippen molar-refractivity contribution in [2.24, 2.45) is 5.73 Å². The molecule has 1 amide bonds. The molecule has 0 aromatic rings. The minimum absolute atomic E-state index is 0.157. The van der Waals surface area contributed by atoms with Gasteiger partial charge in [-0.3, -0.25) is 4.79 Å². The van der Waals surface area contributed by atoms with Crippen molar-refractivity contribution in [2.45, 2.75) is 25.2 Å². The molecule has 0 aliphatic heterocycles. The second-order valence-corrected chi connectivity index (χ2v) is 2.74. The van der Waals surface area contributed by atoms with Gasteiger partial charge in [-0.15, -0.1) is 0 Å². The molecule has 2 N–H and O–H groups in total. The summed E-state index contributed by atoms with van der Waals surface area (Å²) in [4.78, 5) is 10.3. The number of amides is 1. The lowest BCUT2D eigenvalue weighted by molar-refractivity contribution is -0.297. The predicted molar refractivity (Wildman–Crippen MR) is 38.8 cm³/mol. The monoisotopic (exact) mass is 235 g/mol. The molecule has 8 heteroatoms. The van der Waals surface area contributed by atoms with E-state index in [0.29, 0.717) is 0 Å². The Kier molecular flexibility index (Phi) is 3.78. The van der Waals surface area contributed by atoms with Crippen LogP contribution in [0.3, 0.4) is 0 Å². The van der Waals surface area contributed by atoms with Gasteiger partial charge in [-0.05, 0) is 13.0 Å². The lowest BCUT2D eigenvalue weighted by atomic mass is 10.1. The van der Waals surface area contributed by atoms with Gasteiger partial charge in [-0.2, -0.15) is 22.0 Å². The predicted octanol–water partition coefficient (Wildman–Crippen LogP) is 1.95. The van der Waals surface area contributed by atoms with E-state index in [-0.39, 0.29) is 6.08 Å². The fourth-order valence-electron chi connectivity index (χ4n) is 0.563. The molecule has 0 aliphatic rings. The maximum absolute atomic E-state index is 12.5. The summed E-state index contributed by atoms with van der Waals surface area (Å²) in [5, 5.41) is 0. The van der Waals surface area contributed by atoms with Crippen molar-refractivity contribution in [2.75, 3.05) is 0 Å². The van der Waals surface area contributed by atoms with Gasteiger partial charge in [0.25, 0.3) is 0 Å². The van der Waals surface area contributed by atoms with Gasteiger partial charge >= 0.3 is 12.1 Å². The summed E-state index contributed by atoms with van der Waals surface area (Å²) in [7, 11) is 0. The zero-order valence-electron chi connectivity index (χ0n) is 7.41. The number of allylic oxidation sites excluding steroid dienone is 1. The summed E-state index contributed by atoms with van der Waals surface area (Å²) < 4.78 is 71.8. The topological polar surface area (TPSA) is 43.1 Å². The molecule has 0 aliphatic carbocycles. The van der Waals surface area contributed by atoms with Crippen LogP contribution in [0.25, 0.3) is 0 Å². The summed E-state index contributed by atoms with van der Waals surface area (Å²) in [6.45, 7) is 0.835. The molecule has 0 radical (unpaired) electrons. The van der Waals surface area contributed by atoms with Crippen LogP contribution in [0.5, 0.6) is 0 Å². The van der Waals surface area contributed by atoms with Crippen LogP contribution < -0.4 is 5.73 Å². The van der Waals surface area contributed by atoms with E-state index in [0.717, 1.165) is 6.92 Å². The Morgan fingerprint density at radius 2 is 1.67 bits per heavy atom. The molecular formula is C7H7F6NO. The van der Waals surface area contributed by atoms with Gasteiger partial charge in [0, 0.05) is 5.57 Å². The molecule has 0 saturated heterocycles. The minimum Gasteiger partial charge on any atom is -0.366 e. The molecule has 0 rings (SSSR count). The summed E-state index contributed by atoms with van der Waals surface area (Å²) in [5.41, 5.74) is 3.83. The summed E-state index contributed by atoms with van der Waals surface area (Å²) >= 11 is 0. The highest BCUT2D eigenvalue weighted by molar-refractivity contribution is 5.91. The molecule has 0 aromatic carbocycles. The lowest BCUT2D eigenvalue weighted by Gasteiger charge is -2.21. The number of rotatable bonds is 3. The first-order chi connectivity index (χ1) is 6.50. The molecule has 0 heterocycles. The Bertz CT molecular complexity index is 282. The summed E-state index contributed by atoms with van der Waals surface area (Å²) in [6, 6.07) is 0. The number of alkyl halides is 6. The van der Waals surface area contributed by atoms with E-state index in [4.69, 9.17) is 0 Å². The van der Waals surface area contributed by atoms with Crippen molar-refractivity contribution in [3.8, 4) is 0 Å². The third-order valence-electron chi connectivity index (χ3n) is 1.51. The van der Waals surface area contributed by atoms with E-state index in [9.17, 15) is 31.1 Å². The minimum atomic E-state index is -6.01. The van der Waals surface area contributed by atoms with E-state index in [1.165, 1.54) is 0 Å². The quantitative estimate of drug-likeness (QED) is 0.589. The number of carbonyl (C=O) groups excluding carboxylic acids is 1. The van der Waals surface area contributed by atoms with Crippen LogP contribution >= 0.6 is 0 Å². The van der Waals surface area contributed by atoms with Crippen LogP contribution in [0, 0.1) is 0 Å². The van der Waals surface area contributed by atoms with Crippen LogP contribution in [0.2, 0.25) is 0 Å². The third-order valence-corrected chi connectivity index (χ3v) is 1.51. The van der Waals surface area contributed by atoms with Crippen molar-refractivity contribution in [1.29, 1.82) is 0 Å². The lowest BCUT2D eigenvalue weighted by Crippen LogP contribution is -2.44. The Hall–Kier alpha value is -1.21. The molecule has 15 heavy (non-hydrogen) atoms. The van der Waals surface area contributed by atoms with Crippen molar-refractivity contribution in [1.82, 2.24) is 0 Å². The Morgan fingerprint density at radius 3 is 1.93 bits per heavy atom. The molecular weight excluding hydrogens is 228 g/mol. The van der Waals surface area contributed by atoms with E-state index >= 15 is 0 Å². The molecule has 1 atom stereocenters. The first-order valence-electron chi connectivity index (χ1n) is 3.57. The van der Waals surface area contributed by atoms with Gasteiger partial charge in [0.2, 0.25) is 5.91 Å². The summed E-state index contributed by atoms with van der Waals surface area (Å²) in [5.74, 6) is -6.81. The molecule has 0 spiro atoms. The first kappa shape index (κ1) is 13.8. The van der Waals surface area contributed by atoms with E-state index in [1.807, 2.05) is 0 Å². The third kappa shape index (κ3) is 3.14. The van der Waals surface area contributed by atoms with E-state index in [1.54, 1.807) is 0 Å². The van der Waals surface area contributed by atoms with Crippen molar-refractivity contribution < 1.29 is 31.1 Å². The number of carbonyl (C=O) groups is 1. The molecule has 0 aromatic heterocycles. The molecule has 2 nitrogen and oxygen atoms in total. The zero-order chi connectivity index (χ0) is 12.4. The Morgan fingerprint density at radius 1 is 1.27 bits per heavy atom. The second kappa shape index (κ2) is 4.11. The van der Waals surface area contributed by atoms with E-state index in [2.05, 4.69) is 5.73 Å². The highest BCUT2D eigenvalue weighted by atomic mass is 19.4. The van der Waals surface area contributed by atoms with Crippen LogP contribution in [-0.4, -0.2) is 24.2 Å². The van der Waals surface area contributed by atoms with Gasteiger partial charge < -0.3 is 5.73 Å². The summed E-state index contributed by atoms with van der Waals surface area (Å²) in [6.07, 6.45) is -9.80.